The molecule has 130 valence electrons. The van der Waals surface area contributed by atoms with Crippen molar-refractivity contribution in [3.8, 4) is 11.5 Å². The number of nitrogens with zero attached hydrogens (tertiary/aromatic N) is 1. The summed E-state index contributed by atoms with van der Waals surface area (Å²) in [6.45, 7) is 3.92. The molecule has 1 saturated heterocycles. The lowest BCUT2D eigenvalue weighted by Crippen LogP contribution is -2.26. The van der Waals surface area contributed by atoms with Gasteiger partial charge in [0.25, 0.3) is 0 Å². The molecule has 0 spiro atoms. The van der Waals surface area contributed by atoms with E-state index in [0.717, 1.165) is 28.6 Å². The van der Waals surface area contributed by atoms with Crippen molar-refractivity contribution in [2.75, 3.05) is 33.4 Å². The van der Waals surface area contributed by atoms with Crippen molar-refractivity contribution < 1.29 is 9.47 Å². The maximum atomic E-state index is 6.10. The van der Waals surface area contributed by atoms with Crippen LogP contribution in [0.2, 0.25) is 5.02 Å². The zero-order valence-corrected chi connectivity index (χ0v) is 15.2. The van der Waals surface area contributed by atoms with Crippen LogP contribution in [0.3, 0.4) is 0 Å². The molecule has 2 aliphatic rings. The number of halogens is 1. The van der Waals surface area contributed by atoms with Gasteiger partial charge in [0.1, 0.15) is 18.1 Å². The molecular weight excluding hydrogens is 334 g/mol. The van der Waals surface area contributed by atoms with E-state index in [1.54, 1.807) is 7.11 Å². The molecule has 2 aromatic carbocycles. The lowest BCUT2D eigenvalue weighted by molar-refractivity contribution is 0.308. The molecule has 2 aliphatic heterocycles. The lowest BCUT2D eigenvalue weighted by atomic mass is 9.90. The Labute approximate surface area is 153 Å². The Kier molecular flexibility index (Phi) is 4.69. The third-order valence-electron chi connectivity index (χ3n) is 4.96. The monoisotopic (exact) mass is 355 g/mol. The molecule has 0 aromatic heterocycles. The van der Waals surface area contributed by atoms with Crippen LogP contribution in [0.1, 0.15) is 24.0 Å². The number of hydrogen-bond donors (Lipinski definition) is 0. The average molecular weight is 356 g/mol. The van der Waals surface area contributed by atoms with Crippen molar-refractivity contribution in [1.82, 2.24) is 4.90 Å². The molecule has 0 aliphatic carbocycles. The zero-order chi connectivity index (χ0) is 17.2. The summed E-state index contributed by atoms with van der Waals surface area (Å²) in [6, 6.07) is 14.1. The first kappa shape index (κ1) is 16.5. The molecule has 4 rings (SSSR count). The van der Waals surface area contributed by atoms with Gasteiger partial charge in [-0.25, -0.2) is 0 Å². The molecular formula is C21H22ClNO2. The minimum atomic E-state index is 0.633. The Balaban J connectivity index is 1.82. The van der Waals surface area contributed by atoms with E-state index in [1.807, 2.05) is 24.3 Å². The molecule has 2 heterocycles. The number of fused-ring (bicyclic) bond motifs is 1. The Morgan fingerprint density at radius 2 is 1.84 bits per heavy atom. The number of ether oxygens (including phenoxy) is 2. The van der Waals surface area contributed by atoms with Crippen LogP contribution in [0, 0.1) is 0 Å². The summed E-state index contributed by atoms with van der Waals surface area (Å²) >= 11 is 6.10. The quantitative estimate of drug-likeness (QED) is 0.797. The van der Waals surface area contributed by atoms with E-state index >= 15 is 0 Å². The first-order valence-electron chi connectivity index (χ1n) is 8.76. The van der Waals surface area contributed by atoms with E-state index in [0.29, 0.717) is 6.61 Å². The SMILES string of the molecule is COc1ccc2c(c1)C(c1ccc(Cl)cc1)=C(CN1CCCC1)CO2. The third-order valence-corrected chi connectivity index (χ3v) is 5.21. The molecule has 3 nitrogen and oxygen atoms in total. The second-order valence-electron chi connectivity index (χ2n) is 6.62. The Morgan fingerprint density at radius 1 is 1.08 bits per heavy atom. The molecule has 0 atom stereocenters. The van der Waals surface area contributed by atoms with Crippen molar-refractivity contribution in [1.29, 1.82) is 0 Å². The number of benzene rings is 2. The fourth-order valence-corrected chi connectivity index (χ4v) is 3.82. The van der Waals surface area contributed by atoms with Crippen LogP contribution in [0.5, 0.6) is 11.5 Å². The van der Waals surface area contributed by atoms with Crippen LogP contribution < -0.4 is 9.47 Å². The predicted octanol–water partition coefficient (Wildman–Crippen LogP) is 4.64. The van der Waals surface area contributed by atoms with E-state index in [4.69, 9.17) is 21.1 Å². The second kappa shape index (κ2) is 7.11. The highest BCUT2D eigenvalue weighted by Gasteiger charge is 2.24. The van der Waals surface area contributed by atoms with E-state index < -0.39 is 0 Å². The van der Waals surface area contributed by atoms with Crippen molar-refractivity contribution in [2.24, 2.45) is 0 Å². The van der Waals surface area contributed by atoms with Gasteiger partial charge in [-0.3, -0.25) is 4.90 Å². The lowest BCUT2D eigenvalue weighted by Gasteiger charge is -2.27. The Bertz CT molecular complexity index is 792. The van der Waals surface area contributed by atoms with Gasteiger partial charge >= 0.3 is 0 Å². The van der Waals surface area contributed by atoms with Gasteiger partial charge in [0, 0.05) is 17.1 Å². The summed E-state index contributed by atoms with van der Waals surface area (Å²) in [5, 5.41) is 0.753. The molecule has 2 aromatic rings. The normalized spacial score (nSPS) is 17.4. The highest BCUT2D eigenvalue weighted by Crippen LogP contribution is 2.40. The van der Waals surface area contributed by atoms with Crippen molar-refractivity contribution in [3.05, 3.63) is 64.2 Å². The van der Waals surface area contributed by atoms with Gasteiger partial charge in [-0.15, -0.1) is 0 Å². The average Bonchev–Trinajstić information content (AvgIpc) is 3.15. The number of hydrogen-bond acceptors (Lipinski definition) is 3. The Morgan fingerprint density at radius 3 is 2.56 bits per heavy atom. The van der Waals surface area contributed by atoms with E-state index in [1.165, 1.54) is 42.6 Å². The van der Waals surface area contributed by atoms with Gasteiger partial charge in [-0.2, -0.15) is 0 Å². The first-order valence-corrected chi connectivity index (χ1v) is 9.14. The molecule has 0 unspecified atom stereocenters. The van der Waals surface area contributed by atoms with Crippen molar-refractivity contribution >= 4 is 17.2 Å². The van der Waals surface area contributed by atoms with Gasteiger partial charge in [0.15, 0.2) is 0 Å². The molecule has 1 fully saturated rings. The van der Waals surface area contributed by atoms with Crippen molar-refractivity contribution in [2.45, 2.75) is 12.8 Å². The minimum Gasteiger partial charge on any atom is -0.497 e. The smallest absolute Gasteiger partial charge is 0.127 e. The highest BCUT2D eigenvalue weighted by atomic mass is 35.5. The fourth-order valence-electron chi connectivity index (χ4n) is 3.70. The van der Waals surface area contributed by atoms with E-state index in [-0.39, 0.29) is 0 Å². The molecule has 0 amide bonds. The molecule has 25 heavy (non-hydrogen) atoms. The fraction of sp³-hybridized carbons (Fsp3) is 0.333. The maximum Gasteiger partial charge on any atom is 0.127 e. The molecule has 0 radical (unpaired) electrons. The topological polar surface area (TPSA) is 21.7 Å². The minimum absolute atomic E-state index is 0.633. The Hall–Kier alpha value is -1.97. The van der Waals surface area contributed by atoms with Crippen LogP contribution in [0.4, 0.5) is 0 Å². The summed E-state index contributed by atoms with van der Waals surface area (Å²) in [7, 11) is 1.70. The highest BCUT2D eigenvalue weighted by molar-refractivity contribution is 6.30. The second-order valence-corrected chi connectivity index (χ2v) is 7.06. The number of likely N-dealkylation sites (tertiary alicyclic amines) is 1. The zero-order valence-electron chi connectivity index (χ0n) is 14.4. The summed E-state index contributed by atoms with van der Waals surface area (Å²) in [5.41, 5.74) is 4.85. The van der Waals surface area contributed by atoms with E-state index in [2.05, 4.69) is 23.1 Å². The van der Waals surface area contributed by atoms with Gasteiger partial charge < -0.3 is 9.47 Å². The maximum absolute atomic E-state index is 6.10. The van der Waals surface area contributed by atoms with E-state index in [9.17, 15) is 0 Å². The van der Waals surface area contributed by atoms with Crippen LogP contribution in [0.15, 0.2) is 48.0 Å². The summed E-state index contributed by atoms with van der Waals surface area (Å²) in [5.74, 6) is 1.76. The van der Waals surface area contributed by atoms with Crippen molar-refractivity contribution in [3.63, 3.8) is 0 Å². The summed E-state index contributed by atoms with van der Waals surface area (Å²) in [4.78, 5) is 2.51. The van der Waals surface area contributed by atoms with Crippen LogP contribution in [-0.2, 0) is 0 Å². The van der Waals surface area contributed by atoms with Crippen LogP contribution in [-0.4, -0.2) is 38.3 Å². The molecule has 4 heteroatoms. The van der Waals surface area contributed by atoms with Gasteiger partial charge in [-0.05, 0) is 73.0 Å². The molecule has 0 saturated carbocycles. The third kappa shape index (κ3) is 3.39. The van der Waals surface area contributed by atoms with Gasteiger partial charge in [-0.1, -0.05) is 23.7 Å². The molecule has 0 N–H and O–H groups in total. The summed E-state index contributed by atoms with van der Waals surface area (Å²) < 4.78 is 11.5. The van der Waals surface area contributed by atoms with Gasteiger partial charge in [0.2, 0.25) is 0 Å². The van der Waals surface area contributed by atoms with Crippen LogP contribution >= 0.6 is 11.6 Å². The first-order chi connectivity index (χ1) is 12.2. The van der Waals surface area contributed by atoms with Gasteiger partial charge in [0.05, 0.1) is 7.11 Å². The summed E-state index contributed by atoms with van der Waals surface area (Å²) in [6.07, 6.45) is 2.57. The van der Waals surface area contributed by atoms with Crippen LogP contribution in [0.25, 0.3) is 5.57 Å². The largest absolute Gasteiger partial charge is 0.497 e. The predicted molar refractivity (Wildman–Crippen MR) is 102 cm³/mol. The number of rotatable bonds is 4. The number of methoxy groups -OCH3 is 1. The molecule has 0 bridgehead atoms. The standard InChI is InChI=1S/C21H22ClNO2/c1-24-18-8-9-20-19(12-18)21(15-4-6-17(22)7-5-15)16(14-25-20)13-23-10-2-3-11-23/h4-9,12H,2-3,10-11,13-14H2,1H3.